The zero-order valence-corrected chi connectivity index (χ0v) is 9.85. The van der Waals surface area contributed by atoms with Crippen LogP contribution in [0.3, 0.4) is 0 Å². The van der Waals surface area contributed by atoms with E-state index in [2.05, 4.69) is 5.32 Å². The first-order chi connectivity index (χ1) is 8.09. The van der Waals surface area contributed by atoms with Crippen molar-refractivity contribution in [2.24, 2.45) is 0 Å². The number of ether oxygens (including phenoxy) is 1. The van der Waals surface area contributed by atoms with Crippen molar-refractivity contribution in [1.29, 1.82) is 0 Å². The number of nitrogens with one attached hydrogen (secondary N) is 1. The number of carbonyl (C=O) groups is 1. The SMILES string of the molecule is CC(O)CCNC(=O)COc1ccccc1N. The second-order valence-corrected chi connectivity index (χ2v) is 3.81. The largest absolute Gasteiger partial charge is 0.482 e. The van der Waals surface area contributed by atoms with Crippen LogP contribution in [0, 0.1) is 0 Å². The summed E-state index contributed by atoms with van der Waals surface area (Å²) in [6.07, 6.45) is 0.111. The number of rotatable bonds is 6. The third-order valence-electron chi connectivity index (χ3n) is 2.16. The smallest absolute Gasteiger partial charge is 0.257 e. The van der Waals surface area contributed by atoms with E-state index in [0.29, 0.717) is 24.4 Å². The minimum absolute atomic E-state index is 0.0754. The number of hydrogen-bond acceptors (Lipinski definition) is 4. The summed E-state index contributed by atoms with van der Waals surface area (Å²) < 4.78 is 5.26. The van der Waals surface area contributed by atoms with E-state index in [1.165, 1.54) is 0 Å². The van der Waals surface area contributed by atoms with Crippen LogP contribution in [0.15, 0.2) is 24.3 Å². The molecule has 0 aromatic heterocycles. The topological polar surface area (TPSA) is 84.6 Å². The highest BCUT2D eigenvalue weighted by molar-refractivity contribution is 5.77. The number of aliphatic hydroxyl groups is 1. The Labute approximate surface area is 101 Å². The number of carbonyl (C=O) groups excluding carboxylic acids is 1. The maximum atomic E-state index is 11.4. The lowest BCUT2D eigenvalue weighted by molar-refractivity contribution is -0.123. The molecule has 0 spiro atoms. The first-order valence-corrected chi connectivity index (χ1v) is 5.51. The molecule has 1 rings (SSSR count). The van der Waals surface area contributed by atoms with E-state index >= 15 is 0 Å². The van der Waals surface area contributed by atoms with Gasteiger partial charge in [-0.3, -0.25) is 4.79 Å². The zero-order valence-electron chi connectivity index (χ0n) is 9.85. The van der Waals surface area contributed by atoms with Crippen LogP contribution in [-0.2, 0) is 4.79 Å². The molecule has 0 radical (unpaired) electrons. The standard InChI is InChI=1S/C12H18N2O3/c1-9(15)6-7-14-12(16)8-17-11-5-3-2-4-10(11)13/h2-5,9,15H,6-8,13H2,1H3,(H,14,16). The Morgan fingerprint density at radius 2 is 2.24 bits per heavy atom. The van der Waals surface area contributed by atoms with Gasteiger partial charge in [-0.1, -0.05) is 12.1 Å². The predicted molar refractivity (Wildman–Crippen MR) is 65.7 cm³/mol. The number of nitrogen functional groups attached to an aromatic ring is 1. The summed E-state index contributed by atoms with van der Waals surface area (Å²) in [6.45, 7) is 2.03. The third-order valence-corrected chi connectivity index (χ3v) is 2.16. The van der Waals surface area contributed by atoms with E-state index < -0.39 is 6.10 Å². The van der Waals surface area contributed by atoms with Crippen molar-refractivity contribution in [3.05, 3.63) is 24.3 Å². The molecule has 1 unspecified atom stereocenters. The van der Waals surface area contributed by atoms with Crippen LogP contribution in [0.2, 0.25) is 0 Å². The molecule has 0 aliphatic heterocycles. The van der Waals surface area contributed by atoms with Crippen molar-refractivity contribution in [3.8, 4) is 5.75 Å². The Morgan fingerprint density at radius 1 is 1.53 bits per heavy atom. The molecular formula is C12H18N2O3. The van der Waals surface area contributed by atoms with Crippen molar-refractivity contribution in [1.82, 2.24) is 5.32 Å². The van der Waals surface area contributed by atoms with Crippen LogP contribution < -0.4 is 15.8 Å². The molecule has 4 N–H and O–H groups in total. The first-order valence-electron chi connectivity index (χ1n) is 5.51. The number of benzene rings is 1. The summed E-state index contributed by atoms with van der Waals surface area (Å²) >= 11 is 0. The zero-order chi connectivity index (χ0) is 12.7. The Hall–Kier alpha value is -1.75. The van der Waals surface area contributed by atoms with Gasteiger partial charge in [-0.2, -0.15) is 0 Å². The number of amides is 1. The molecule has 0 aliphatic rings. The van der Waals surface area contributed by atoms with Gasteiger partial charge in [-0.05, 0) is 25.5 Å². The minimum Gasteiger partial charge on any atom is -0.482 e. The maximum Gasteiger partial charge on any atom is 0.257 e. The van der Waals surface area contributed by atoms with Crippen LogP contribution in [0.25, 0.3) is 0 Å². The van der Waals surface area contributed by atoms with Gasteiger partial charge in [0.05, 0.1) is 11.8 Å². The second-order valence-electron chi connectivity index (χ2n) is 3.81. The first kappa shape index (κ1) is 13.3. The van der Waals surface area contributed by atoms with Gasteiger partial charge >= 0.3 is 0 Å². The van der Waals surface area contributed by atoms with Crippen molar-refractivity contribution >= 4 is 11.6 Å². The summed E-state index contributed by atoms with van der Waals surface area (Å²) in [4.78, 5) is 11.4. The highest BCUT2D eigenvalue weighted by atomic mass is 16.5. The van der Waals surface area contributed by atoms with E-state index in [1.807, 2.05) is 0 Å². The normalized spacial score (nSPS) is 11.9. The van der Waals surface area contributed by atoms with E-state index in [4.69, 9.17) is 15.6 Å². The van der Waals surface area contributed by atoms with Gasteiger partial charge in [-0.25, -0.2) is 0 Å². The molecule has 1 amide bonds. The van der Waals surface area contributed by atoms with Crippen LogP contribution >= 0.6 is 0 Å². The number of para-hydroxylation sites is 2. The molecule has 0 saturated carbocycles. The summed E-state index contributed by atoms with van der Waals surface area (Å²) in [5.74, 6) is 0.270. The molecule has 5 nitrogen and oxygen atoms in total. The quantitative estimate of drug-likeness (QED) is 0.631. The Morgan fingerprint density at radius 3 is 2.88 bits per heavy atom. The maximum absolute atomic E-state index is 11.4. The summed E-state index contributed by atoms with van der Waals surface area (Å²) in [6, 6.07) is 7.00. The molecule has 1 aromatic carbocycles. The van der Waals surface area contributed by atoms with Crippen LogP contribution in [-0.4, -0.2) is 30.3 Å². The van der Waals surface area contributed by atoms with Crippen LogP contribution in [0.5, 0.6) is 5.75 Å². The van der Waals surface area contributed by atoms with Crippen LogP contribution in [0.4, 0.5) is 5.69 Å². The van der Waals surface area contributed by atoms with Gasteiger partial charge in [0.25, 0.3) is 5.91 Å². The van der Waals surface area contributed by atoms with E-state index in [-0.39, 0.29) is 12.5 Å². The average Bonchev–Trinajstić information content (AvgIpc) is 2.27. The number of aliphatic hydroxyl groups excluding tert-OH is 1. The molecule has 5 heteroatoms. The fourth-order valence-electron chi connectivity index (χ4n) is 1.23. The molecule has 94 valence electrons. The van der Waals surface area contributed by atoms with E-state index in [9.17, 15) is 4.79 Å². The lowest BCUT2D eigenvalue weighted by Gasteiger charge is -2.09. The predicted octanol–water partition coefficient (Wildman–Crippen LogP) is 0.535. The number of anilines is 1. The summed E-state index contributed by atoms with van der Waals surface area (Å²) in [7, 11) is 0. The molecule has 17 heavy (non-hydrogen) atoms. The molecule has 1 aromatic rings. The highest BCUT2D eigenvalue weighted by Crippen LogP contribution is 2.19. The second kappa shape index (κ2) is 6.75. The van der Waals surface area contributed by atoms with Crippen molar-refractivity contribution in [2.45, 2.75) is 19.4 Å². The van der Waals surface area contributed by atoms with Gasteiger partial charge in [0, 0.05) is 6.54 Å². The van der Waals surface area contributed by atoms with Gasteiger partial charge < -0.3 is 20.9 Å². The molecule has 0 saturated heterocycles. The van der Waals surface area contributed by atoms with Crippen molar-refractivity contribution in [3.63, 3.8) is 0 Å². The number of nitrogens with two attached hydrogens (primary N) is 1. The minimum atomic E-state index is -0.416. The van der Waals surface area contributed by atoms with Gasteiger partial charge in [-0.15, -0.1) is 0 Å². The Bertz CT molecular complexity index is 367. The fraction of sp³-hybridized carbons (Fsp3) is 0.417. The highest BCUT2D eigenvalue weighted by Gasteiger charge is 2.04. The Balaban J connectivity index is 2.26. The van der Waals surface area contributed by atoms with Crippen molar-refractivity contribution < 1.29 is 14.6 Å². The van der Waals surface area contributed by atoms with Gasteiger partial charge in [0.15, 0.2) is 6.61 Å². The molecule has 0 aliphatic carbocycles. The lowest BCUT2D eigenvalue weighted by Crippen LogP contribution is -2.31. The molecule has 1 atom stereocenters. The van der Waals surface area contributed by atoms with Crippen LogP contribution in [0.1, 0.15) is 13.3 Å². The van der Waals surface area contributed by atoms with Gasteiger partial charge in [0.1, 0.15) is 5.75 Å². The summed E-state index contributed by atoms with van der Waals surface area (Å²) in [5.41, 5.74) is 6.16. The molecule has 0 heterocycles. The van der Waals surface area contributed by atoms with Gasteiger partial charge in [0.2, 0.25) is 0 Å². The molecule has 0 fully saturated rings. The third kappa shape index (κ3) is 5.21. The molecular weight excluding hydrogens is 220 g/mol. The monoisotopic (exact) mass is 238 g/mol. The lowest BCUT2D eigenvalue weighted by atomic mass is 10.3. The molecule has 0 bridgehead atoms. The summed E-state index contributed by atoms with van der Waals surface area (Å²) in [5, 5.41) is 11.6. The Kier molecular flexibility index (Phi) is 5.29. The average molecular weight is 238 g/mol. The fourth-order valence-corrected chi connectivity index (χ4v) is 1.23. The van der Waals surface area contributed by atoms with E-state index in [0.717, 1.165) is 0 Å². The van der Waals surface area contributed by atoms with E-state index in [1.54, 1.807) is 31.2 Å². The number of hydrogen-bond donors (Lipinski definition) is 3. The van der Waals surface area contributed by atoms with Crippen molar-refractivity contribution in [2.75, 3.05) is 18.9 Å².